The van der Waals surface area contributed by atoms with Crippen molar-refractivity contribution in [2.45, 2.75) is 38.1 Å². The normalized spacial score (nSPS) is 14.9. The first kappa shape index (κ1) is 21.2. The van der Waals surface area contributed by atoms with E-state index in [4.69, 9.17) is 4.74 Å². The summed E-state index contributed by atoms with van der Waals surface area (Å²) in [5, 5.41) is 3.63. The molecule has 1 amide bonds. The number of nitrogens with zero attached hydrogens (tertiary/aromatic N) is 1. The summed E-state index contributed by atoms with van der Waals surface area (Å²) in [6, 6.07) is 12.1. The molecule has 2 aromatic carbocycles. The molecule has 0 saturated heterocycles. The number of nitrogens with one attached hydrogen (secondary N) is 1. The van der Waals surface area contributed by atoms with Gasteiger partial charge in [-0.15, -0.1) is 0 Å². The molecule has 0 radical (unpaired) electrons. The minimum atomic E-state index is -3.89. The molecule has 0 spiro atoms. The van der Waals surface area contributed by atoms with Gasteiger partial charge in [0.05, 0.1) is 29.8 Å². The molecule has 0 unspecified atom stereocenters. The fourth-order valence-electron chi connectivity index (χ4n) is 3.64. The molecule has 0 bridgehead atoms. The second-order valence-electron chi connectivity index (χ2n) is 8.32. The van der Waals surface area contributed by atoms with Gasteiger partial charge in [0.15, 0.2) is 0 Å². The van der Waals surface area contributed by atoms with E-state index in [0.717, 1.165) is 18.4 Å². The summed E-state index contributed by atoms with van der Waals surface area (Å²) in [6.07, 6.45) is 3.33. The maximum atomic E-state index is 13.6. The van der Waals surface area contributed by atoms with E-state index in [1.54, 1.807) is 55.7 Å². The van der Waals surface area contributed by atoms with Crippen LogP contribution in [0.15, 0.2) is 53.9 Å². The number of hydrogen-bond donors (Lipinski definition) is 1. The van der Waals surface area contributed by atoms with Crippen LogP contribution in [0.3, 0.4) is 0 Å². The second-order valence-corrected chi connectivity index (χ2v) is 10.1. The molecular formula is C24H26N2O4S. The van der Waals surface area contributed by atoms with Gasteiger partial charge in [0.2, 0.25) is 5.91 Å². The monoisotopic (exact) mass is 438 g/mol. The first-order valence-corrected chi connectivity index (χ1v) is 11.6. The van der Waals surface area contributed by atoms with Gasteiger partial charge in [0.25, 0.3) is 10.0 Å². The van der Waals surface area contributed by atoms with Crippen molar-refractivity contribution in [1.29, 1.82) is 0 Å². The predicted molar refractivity (Wildman–Crippen MR) is 122 cm³/mol. The minimum Gasteiger partial charge on any atom is -0.496 e. The van der Waals surface area contributed by atoms with Gasteiger partial charge in [-0.05, 0) is 50.1 Å². The number of amides is 1. The topological polar surface area (TPSA) is 77.4 Å². The van der Waals surface area contributed by atoms with Gasteiger partial charge >= 0.3 is 0 Å². The van der Waals surface area contributed by atoms with E-state index in [9.17, 15) is 13.2 Å². The molecule has 1 saturated carbocycles. The van der Waals surface area contributed by atoms with Crippen LogP contribution in [0.25, 0.3) is 17.0 Å². The number of hydrogen-bond acceptors (Lipinski definition) is 4. The lowest BCUT2D eigenvalue weighted by Crippen LogP contribution is -2.31. The van der Waals surface area contributed by atoms with Crippen molar-refractivity contribution in [2.75, 3.05) is 7.11 Å². The van der Waals surface area contributed by atoms with Crippen LogP contribution in [0.4, 0.5) is 0 Å². The highest BCUT2D eigenvalue weighted by Gasteiger charge is 2.44. The molecular weight excluding hydrogens is 412 g/mol. The lowest BCUT2D eigenvalue weighted by atomic mass is 10.1. The Bertz CT molecular complexity index is 1280. The maximum absolute atomic E-state index is 13.6. The number of benzene rings is 2. The summed E-state index contributed by atoms with van der Waals surface area (Å²) in [5.41, 5.74) is 2.32. The van der Waals surface area contributed by atoms with E-state index in [2.05, 4.69) is 11.9 Å². The van der Waals surface area contributed by atoms with E-state index in [0.29, 0.717) is 27.9 Å². The van der Waals surface area contributed by atoms with Gasteiger partial charge < -0.3 is 10.1 Å². The molecule has 1 aromatic heterocycles. The van der Waals surface area contributed by atoms with Crippen LogP contribution in [-0.4, -0.2) is 25.4 Å². The van der Waals surface area contributed by atoms with Crippen molar-refractivity contribution in [3.05, 3.63) is 65.9 Å². The summed E-state index contributed by atoms with van der Waals surface area (Å²) in [6.45, 7) is 7.75. The number of carbonyl (C=O) groups is 1. The largest absolute Gasteiger partial charge is 0.496 e. The van der Waals surface area contributed by atoms with Crippen molar-refractivity contribution in [2.24, 2.45) is 5.41 Å². The molecule has 1 heterocycles. The maximum Gasteiger partial charge on any atom is 0.268 e. The fourth-order valence-corrected chi connectivity index (χ4v) is 5.18. The molecule has 162 valence electrons. The molecule has 31 heavy (non-hydrogen) atoms. The number of aromatic nitrogens is 1. The lowest BCUT2D eigenvalue weighted by molar-refractivity contribution is -0.125. The zero-order valence-corrected chi connectivity index (χ0v) is 18.8. The standard InChI is InChI=1S/C24H26N2O4S/c1-5-17-13-21-18(14-22(17)30-4)12-19(15-25-23(27)24(3)10-11-24)26(21)31(28,29)20-8-6-16(2)7-9-20/h5-9,12-14H,1,10-11,15H2,2-4H3,(H,25,27). The van der Waals surface area contributed by atoms with Crippen molar-refractivity contribution in [3.63, 3.8) is 0 Å². The molecule has 1 aliphatic carbocycles. The van der Waals surface area contributed by atoms with Crippen molar-refractivity contribution in [3.8, 4) is 5.75 Å². The Balaban J connectivity index is 1.87. The zero-order chi connectivity index (χ0) is 22.4. The Kier molecular flexibility index (Phi) is 5.17. The van der Waals surface area contributed by atoms with Gasteiger partial charge in [-0.3, -0.25) is 4.79 Å². The number of aryl methyl sites for hydroxylation is 1. The van der Waals surface area contributed by atoms with Crippen LogP contribution in [0.5, 0.6) is 5.75 Å². The third kappa shape index (κ3) is 3.74. The van der Waals surface area contributed by atoms with E-state index in [1.807, 2.05) is 13.8 Å². The Labute approximate surface area is 182 Å². The third-order valence-electron chi connectivity index (χ3n) is 5.94. The Morgan fingerprint density at radius 1 is 1.23 bits per heavy atom. The Morgan fingerprint density at radius 3 is 2.48 bits per heavy atom. The lowest BCUT2D eigenvalue weighted by Gasteiger charge is -2.15. The molecule has 7 heteroatoms. The molecule has 3 aromatic rings. The highest BCUT2D eigenvalue weighted by atomic mass is 32.2. The molecule has 0 atom stereocenters. The number of rotatable bonds is 7. The van der Waals surface area contributed by atoms with Crippen molar-refractivity contribution in [1.82, 2.24) is 9.29 Å². The number of ether oxygens (including phenoxy) is 1. The summed E-state index contributed by atoms with van der Waals surface area (Å²) < 4.78 is 34.0. The van der Waals surface area contributed by atoms with Crippen LogP contribution in [0.2, 0.25) is 0 Å². The van der Waals surface area contributed by atoms with Crippen LogP contribution in [-0.2, 0) is 21.4 Å². The molecule has 6 nitrogen and oxygen atoms in total. The van der Waals surface area contributed by atoms with Crippen molar-refractivity contribution < 1.29 is 17.9 Å². The van der Waals surface area contributed by atoms with Gasteiger partial charge in [-0.1, -0.05) is 37.3 Å². The first-order chi connectivity index (χ1) is 14.7. The summed E-state index contributed by atoms with van der Waals surface area (Å²) in [5.74, 6) is 0.551. The van der Waals surface area contributed by atoms with E-state index in [-0.39, 0.29) is 22.8 Å². The van der Waals surface area contributed by atoms with Crippen LogP contribution < -0.4 is 10.1 Å². The number of fused-ring (bicyclic) bond motifs is 1. The summed E-state index contributed by atoms with van der Waals surface area (Å²) >= 11 is 0. The minimum absolute atomic E-state index is 0.0543. The molecule has 0 aliphatic heterocycles. The highest BCUT2D eigenvalue weighted by molar-refractivity contribution is 7.90. The summed E-state index contributed by atoms with van der Waals surface area (Å²) in [7, 11) is -2.33. The van der Waals surface area contributed by atoms with Crippen LogP contribution in [0.1, 0.15) is 36.6 Å². The number of methoxy groups -OCH3 is 1. The third-order valence-corrected chi connectivity index (χ3v) is 7.72. The Hall–Kier alpha value is -3.06. The SMILES string of the molecule is C=Cc1cc2c(cc1OC)cc(CNC(=O)C1(C)CC1)n2S(=O)(=O)c1ccc(C)cc1. The van der Waals surface area contributed by atoms with Crippen molar-refractivity contribution >= 4 is 32.9 Å². The van der Waals surface area contributed by atoms with Gasteiger partial charge in [-0.25, -0.2) is 12.4 Å². The zero-order valence-electron chi connectivity index (χ0n) is 17.9. The fraction of sp³-hybridized carbons (Fsp3) is 0.292. The predicted octanol–water partition coefficient (Wildman–Crippen LogP) is 4.25. The highest BCUT2D eigenvalue weighted by Crippen LogP contribution is 2.45. The average Bonchev–Trinajstić information content (AvgIpc) is 3.40. The summed E-state index contributed by atoms with van der Waals surface area (Å²) in [4.78, 5) is 12.7. The molecule has 1 N–H and O–H groups in total. The first-order valence-electron chi connectivity index (χ1n) is 10.1. The molecule has 1 aliphatic rings. The van der Waals surface area contributed by atoms with E-state index >= 15 is 0 Å². The average molecular weight is 439 g/mol. The van der Waals surface area contributed by atoms with E-state index < -0.39 is 10.0 Å². The molecule has 1 fully saturated rings. The smallest absolute Gasteiger partial charge is 0.268 e. The van der Waals surface area contributed by atoms with E-state index in [1.165, 1.54) is 3.97 Å². The second kappa shape index (κ2) is 7.57. The van der Waals surface area contributed by atoms with Gasteiger partial charge in [-0.2, -0.15) is 0 Å². The van der Waals surface area contributed by atoms with Gasteiger partial charge in [0, 0.05) is 16.4 Å². The van der Waals surface area contributed by atoms with Gasteiger partial charge in [0.1, 0.15) is 5.75 Å². The van der Waals surface area contributed by atoms with Crippen LogP contribution in [0, 0.1) is 12.3 Å². The van der Waals surface area contributed by atoms with Crippen LogP contribution >= 0.6 is 0 Å². The number of carbonyl (C=O) groups excluding carboxylic acids is 1. The Morgan fingerprint density at radius 2 is 1.90 bits per heavy atom. The molecule has 4 rings (SSSR count). The quantitative estimate of drug-likeness (QED) is 0.598.